The zero-order chi connectivity index (χ0) is 35.4. The van der Waals surface area contributed by atoms with Crippen molar-refractivity contribution in [1.29, 1.82) is 5.26 Å². The molecule has 0 saturated heterocycles. The molecule has 0 aliphatic carbocycles. The summed E-state index contributed by atoms with van der Waals surface area (Å²) in [7, 11) is 1.51. The van der Waals surface area contributed by atoms with E-state index in [1.54, 1.807) is 60.7 Å². The van der Waals surface area contributed by atoms with Crippen molar-refractivity contribution in [2.45, 2.75) is 38.9 Å². The van der Waals surface area contributed by atoms with Gasteiger partial charge in [0, 0.05) is 18.7 Å². The zero-order valence-electron chi connectivity index (χ0n) is 27.8. The number of amides is 3. The highest BCUT2D eigenvalue weighted by Gasteiger charge is 2.37. The van der Waals surface area contributed by atoms with Crippen LogP contribution in [-0.2, 0) is 13.0 Å². The van der Waals surface area contributed by atoms with E-state index in [2.05, 4.69) is 54.8 Å². The quantitative estimate of drug-likeness (QED) is 0.132. The Hall–Kier alpha value is -5.69. The molecule has 50 heavy (non-hydrogen) atoms. The molecule has 3 amide bonds. The SMILES string of the molecule is COc1cc(Cl)c(C(=O)NC(Cc2ccc(C#N)cc2)CN2C(=O)c3ccccc3C2=O)cc1-c1ccc(CNC(C)c2ccc(C)cc2)o1. The Morgan fingerprint density at radius 2 is 1.62 bits per heavy atom. The maximum atomic E-state index is 13.9. The van der Waals surface area contributed by atoms with Gasteiger partial charge in [-0.25, -0.2) is 0 Å². The van der Waals surface area contributed by atoms with Crippen molar-refractivity contribution >= 4 is 29.3 Å². The number of nitriles is 1. The number of aryl methyl sites for hydroxylation is 1. The summed E-state index contributed by atoms with van der Waals surface area (Å²) in [5.74, 6) is 0.262. The van der Waals surface area contributed by atoms with Crippen LogP contribution >= 0.6 is 11.6 Å². The van der Waals surface area contributed by atoms with E-state index in [9.17, 15) is 19.6 Å². The second kappa shape index (κ2) is 14.8. The largest absolute Gasteiger partial charge is 0.496 e. The lowest BCUT2D eigenvalue weighted by Crippen LogP contribution is -2.47. The molecule has 252 valence electrons. The molecule has 2 unspecified atom stereocenters. The summed E-state index contributed by atoms with van der Waals surface area (Å²) >= 11 is 6.64. The lowest BCUT2D eigenvalue weighted by Gasteiger charge is -2.24. The van der Waals surface area contributed by atoms with Crippen LogP contribution in [-0.4, -0.2) is 42.3 Å². The summed E-state index contributed by atoms with van der Waals surface area (Å²) < 4.78 is 11.8. The molecule has 5 aromatic rings. The Morgan fingerprint density at radius 1 is 0.940 bits per heavy atom. The molecule has 1 aliphatic heterocycles. The summed E-state index contributed by atoms with van der Waals surface area (Å²) in [4.78, 5) is 41.6. The number of nitrogens with one attached hydrogen (secondary N) is 2. The second-order valence-corrected chi connectivity index (χ2v) is 12.7. The molecule has 0 radical (unpaired) electrons. The highest BCUT2D eigenvalue weighted by Crippen LogP contribution is 2.36. The Balaban J connectivity index is 1.23. The molecule has 0 bridgehead atoms. The Labute approximate surface area is 295 Å². The Bertz CT molecular complexity index is 2060. The number of halogens is 1. The maximum absolute atomic E-state index is 13.9. The first kappa shape index (κ1) is 34.2. The van der Waals surface area contributed by atoms with Crippen LogP contribution in [0, 0.1) is 18.3 Å². The molecule has 1 aliphatic rings. The number of imide groups is 1. The maximum Gasteiger partial charge on any atom is 0.261 e. The fraction of sp³-hybridized carbons (Fsp3) is 0.200. The fourth-order valence-corrected chi connectivity index (χ4v) is 6.22. The molecule has 0 fully saturated rings. The highest BCUT2D eigenvalue weighted by molar-refractivity contribution is 6.34. The molecular weight excluding hydrogens is 652 g/mol. The number of carbonyl (C=O) groups excluding carboxylic acids is 3. The average Bonchev–Trinajstić information content (AvgIpc) is 3.70. The molecule has 2 N–H and O–H groups in total. The molecule has 2 atom stereocenters. The van der Waals surface area contributed by atoms with Gasteiger partial charge in [-0.15, -0.1) is 0 Å². The number of methoxy groups -OCH3 is 1. The number of fused-ring (bicyclic) bond motifs is 1. The van der Waals surface area contributed by atoms with Crippen LogP contribution < -0.4 is 15.4 Å². The third kappa shape index (κ3) is 7.32. The van der Waals surface area contributed by atoms with Crippen LogP contribution in [0.25, 0.3) is 11.3 Å². The molecule has 10 heteroatoms. The lowest BCUT2D eigenvalue weighted by atomic mass is 10.0. The first-order valence-corrected chi connectivity index (χ1v) is 16.5. The van der Waals surface area contributed by atoms with Crippen LogP contribution in [0.1, 0.15) is 72.1 Å². The smallest absolute Gasteiger partial charge is 0.261 e. The lowest BCUT2D eigenvalue weighted by molar-refractivity contribution is 0.0628. The summed E-state index contributed by atoms with van der Waals surface area (Å²) in [6, 6.07) is 30.3. The van der Waals surface area contributed by atoms with Gasteiger partial charge in [0.05, 0.1) is 58.6 Å². The van der Waals surface area contributed by atoms with Gasteiger partial charge in [-0.1, -0.05) is 65.7 Å². The van der Waals surface area contributed by atoms with Crippen LogP contribution in [0.4, 0.5) is 0 Å². The minimum Gasteiger partial charge on any atom is -0.496 e. The summed E-state index contributed by atoms with van der Waals surface area (Å²) in [5.41, 5.74) is 5.00. The molecule has 6 rings (SSSR count). The van der Waals surface area contributed by atoms with Gasteiger partial charge >= 0.3 is 0 Å². The number of carbonyl (C=O) groups is 3. The standard InChI is InChI=1S/C40H35ClN4O5/c1-24-8-14-28(15-9-24)25(2)43-22-30-16-17-36(50-30)34-19-33(35(41)20-37(34)49-3)38(46)44-29(18-26-10-12-27(21-42)13-11-26)23-45-39(47)31-6-4-5-7-32(31)40(45)48/h4-17,19-20,25,29,43H,18,22-23H2,1-3H3,(H,44,46). The topological polar surface area (TPSA) is 125 Å². The number of hydrogen-bond donors (Lipinski definition) is 2. The third-order valence-electron chi connectivity index (χ3n) is 8.80. The van der Waals surface area contributed by atoms with E-state index < -0.39 is 23.8 Å². The van der Waals surface area contributed by atoms with Gasteiger partial charge in [-0.2, -0.15) is 5.26 Å². The summed E-state index contributed by atoms with van der Waals surface area (Å²) in [5, 5.41) is 15.9. The van der Waals surface area contributed by atoms with Crippen molar-refractivity contribution in [2.75, 3.05) is 13.7 Å². The van der Waals surface area contributed by atoms with Crippen molar-refractivity contribution in [1.82, 2.24) is 15.5 Å². The van der Waals surface area contributed by atoms with E-state index in [0.29, 0.717) is 46.1 Å². The zero-order valence-corrected chi connectivity index (χ0v) is 28.6. The van der Waals surface area contributed by atoms with Gasteiger partial charge < -0.3 is 19.8 Å². The van der Waals surface area contributed by atoms with E-state index in [0.717, 1.165) is 16.0 Å². The van der Waals surface area contributed by atoms with Crippen LogP contribution in [0.15, 0.2) is 101 Å². The summed E-state index contributed by atoms with van der Waals surface area (Å²) in [6.45, 7) is 4.55. The van der Waals surface area contributed by atoms with Crippen molar-refractivity contribution < 1.29 is 23.5 Å². The van der Waals surface area contributed by atoms with E-state index in [1.807, 2.05) is 12.1 Å². The van der Waals surface area contributed by atoms with Crippen molar-refractivity contribution in [2.24, 2.45) is 0 Å². The molecule has 4 aromatic carbocycles. The van der Waals surface area contributed by atoms with E-state index in [-0.39, 0.29) is 29.6 Å². The number of ether oxygens (including phenoxy) is 1. The minimum absolute atomic E-state index is 0.0751. The Kier molecular flexibility index (Phi) is 10.1. The van der Waals surface area contributed by atoms with Gasteiger partial charge in [0.1, 0.15) is 17.3 Å². The molecule has 9 nitrogen and oxygen atoms in total. The minimum atomic E-state index is -0.684. The van der Waals surface area contributed by atoms with Gasteiger partial charge in [-0.3, -0.25) is 19.3 Å². The van der Waals surface area contributed by atoms with Gasteiger partial charge in [0.25, 0.3) is 17.7 Å². The normalized spacial score (nSPS) is 13.5. The Morgan fingerprint density at radius 3 is 2.26 bits per heavy atom. The summed E-state index contributed by atoms with van der Waals surface area (Å²) in [6.07, 6.45) is 0.279. The van der Waals surface area contributed by atoms with Gasteiger partial charge in [0.15, 0.2) is 0 Å². The number of nitrogens with zero attached hydrogens (tertiary/aromatic N) is 2. The van der Waals surface area contributed by atoms with E-state index in [1.165, 1.54) is 12.7 Å². The van der Waals surface area contributed by atoms with Crippen molar-refractivity contribution in [3.05, 3.63) is 147 Å². The van der Waals surface area contributed by atoms with Crippen molar-refractivity contribution in [3.8, 4) is 23.1 Å². The molecule has 0 saturated carbocycles. The number of furan rings is 1. The first-order chi connectivity index (χ1) is 24.1. The van der Waals surface area contributed by atoms with Crippen LogP contribution in [0.5, 0.6) is 5.75 Å². The van der Waals surface area contributed by atoms with E-state index >= 15 is 0 Å². The third-order valence-corrected chi connectivity index (χ3v) is 9.11. The average molecular weight is 687 g/mol. The first-order valence-electron chi connectivity index (χ1n) is 16.2. The molecule has 2 heterocycles. The second-order valence-electron chi connectivity index (χ2n) is 12.3. The number of hydrogen-bond acceptors (Lipinski definition) is 7. The predicted molar refractivity (Wildman–Crippen MR) is 190 cm³/mol. The molecular formula is C40H35ClN4O5. The molecule has 1 aromatic heterocycles. The predicted octanol–water partition coefficient (Wildman–Crippen LogP) is 7.28. The van der Waals surface area contributed by atoms with E-state index in [4.69, 9.17) is 20.8 Å². The number of benzene rings is 4. The monoisotopic (exact) mass is 686 g/mol. The van der Waals surface area contributed by atoms with Crippen LogP contribution in [0.2, 0.25) is 5.02 Å². The number of rotatable bonds is 12. The highest BCUT2D eigenvalue weighted by atomic mass is 35.5. The van der Waals surface area contributed by atoms with Gasteiger partial charge in [-0.05, 0) is 73.9 Å². The van der Waals surface area contributed by atoms with Gasteiger partial charge in [0.2, 0.25) is 0 Å². The van der Waals surface area contributed by atoms with Crippen LogP contribution in [0.3, 0.4) is 0 Å². The fourth-order valence-electron chi connectivity index (χ4n) is 5.98. The van der Waals surface area contributed by atoms with Crippen molar-refractivity contribution in [3.63, 3.8) is 0 Å². The molecule has 0 spiro atoms.